The number of guanidine groups is 1. The number of likely N-dealkylation sites (tertiary alicyclic amines) is 1. The second-order valence-electron chi connectivity index (χ2n) is 6.83. The topological polar surface area (TPSA) is 75.9 Å². The Morgan fingerprint density at radius 3 is 2.58 bits per heavy atom. The maximum atomic E-state index is 6.17. The minimum absolute atomic E-state index is 0.704. The van der Waals surface area contributed by atoms with Crippen molar-refractivity contribution in [2.75, 3.05) is 33.9 Å². The third kappa shape index (κ3) is 4.42. The highest BCUT2D eigenvalue weighted by Gasteiger charge is 2.11. The fourth-order valence-corrected chi connectivity index (χ4v) is 3.52. The van der Waals surface area contributed by atoms with E-state index in [9.17, 15) is 0 Å². The summed E-state index contributed by atoms with van der Waals surface area (Å²) in [5, 5.41) is 1.08. The van der Waals surface area contributed by atoms with Crippen LogP contribution in [0.4, 0.5) is 0 Å². The minimum Gasteiger partial charge on any atom is -0.497 e. The van der Waals surface area contributed by atoms with Crippen LogP contribution in [0.5, 0.6) is 11.5 Å². The number of hydrogen-bond acceptors (Lipinski definition) is 3. The fourth-order valence-electron chi connectivity index (χ4n) is 3.52. The Morgan fingerprint density at radius 1 is 1.12 bits per heavy atom. The summed E-state index contributed by atoms with van der Waals surface area (Å²) < 4.78 is 10.8. The maximum Gasteiger partial charge on any atom is 0.191 e. The number of methoxy groups -OCH3 is 2. The van der Waals surface area contributed by atoms with E-state index in [4.69, 9.17) is 15.2 Å². The van der Waals surface area contributed by atoms with E-state index < -0.39 is 0 Å². The Kier molecular flexibility index (Phi) is 6.26. The summed E-state index contributed by atoms with van der Waals surface area (Å²) in [7, 11) is 3.35. The van der Waals surface area contributed by atoms with Gasteiger partial charge in [-0.2, -0.15) is 0 Å². The molecular weight excluding hydrogens is 328 g/mol. The van der Waals surface area contributed by atoms with Crippen molar-refractivity contribution in [2.24, 2.45) is 10.7 Å². The largest absolute Gasteiger partial charge is 0.497 e. The van der Waals surface area contributed by atoms with Crippen molar-refractivity contribution in [3.05, 3.63) is 23.9 Å². The molecule has 3 rings (SSSR count). The summed E-state index contributed by atoms with van der Waals surface area (Å²) >= 11 is 0. The Bertz CT molecular complexity index is 746. The SMILES string of the molecule is COc1cc(OC)c2cc(CCCN=C(N)N3CCCCCC3)[nH]c2c1. The number of ether oxygens (including phenoxy) is 2. The number of H-pyrrole nitrogens is 1. The van der Waals surface area contributed by atoms with Gasteiger partial charge in [0.2, 0.25) is 0 Å². The normalized spacial score (nSPS) is 15.9. The molecule has 0 saturated carbocycles. The van der Waals surface area contributed by atoms with E-state index in [1.165, 1.54) is 31.4 Å². The number of aliphatic imine (C=N–C) groups is 1. The number of aromatic nitrogens is 1. The van der Waals surface area contributed by atoms with Crippen LogP contribution < -0.4 is 15.2 Å². The zero-order valence-electron chi connectivity index (χ0n) is 15.9. The first-order valence-corrected chi connectivity index (χ1v) is 9.49. The highest BCUT2D eigenvalue weighted by atomic mass is 16.5. The first-order valence-electron chi connectivity index (χ1n) is 9.49. The number of rotatable bonds is 6. The highest BCUT2D eigenvalue weighted by molar-refractivity contribution is 5.88. The molecule has 0 atom stereocenters. The molecule has 1 aliphatic rings. The van der Waals surface area contributed by atoms with Crippen molar-refractivity contribution in [1.29, 1.82) is 0 Å². The smallest absolute Gasteiger partial charge is 0.191 e. The van der Waals surface area contributed by atoms with Crippen molar-refractivity contribution in [3.63, 3.8) is 0 Å². The molecule has 6 nitrogen and oxygen atoms in total. The molecule has 2 heterocycles. The number of aryl methyl sites for hydroxylation is 1. The molecule has 1 aliphatic heterocycles. The van der Waals surface area contributed by atoms with Gasteiger partial charge in [-0.1, -0.05) is 12.8 Å². The van der Waals surface area contributed by atoms with Gasteiger partial charge in [0.15, 0.2) is 5.96 Å². The number of nitrogens with zero attached hydrogens (tertiary/aromatic N) is 2. The molecule has 142 valence electrons. The van der Waals surface area contributed by atoms with Crippen LogP contribution >= 0.6 is 0 Å². The van der Waals surface area contributed by atoms with Gasteiger partial charge in [0, 0.05) is 42.8 Å². The van der Waals surface area contributed by atoms with E-state index in [-0.39, 0.29) is 0 Å². The van der Waals surface area contributed by atoms with Crippen LogP contribution in [0.3, 0.4) is 0 Å². The van der Waals surface area contributed by atoms with Crippen LogP contribution in [0.25, 0.3) is 10.9 Å². The van der Waals surface area contributed by atoms with Crippen LogP contribution in [0.2, 0.25) is 0 Å². The summed E-state index contributed by atoms with van der Waals surface area (Å²) in [4.78, 5) is 10.3. The van der Waals surface area contributed by atoms with Crippen molar-refractivity contribution in [3.8, 4) is 11.5 Å². The number of benzene rings is 1. The second-order valence-corrected chi connectivity index (χ2v) is 6.83. The van der Waals surface area contributed by atoms with E-state index in [0.717, 1.165) is 54.9 Å². The molecule has 3 N–H and O–H groups in total. The summed E-state index contributed by atoms with van der Waals surface area (Å²) in [6.07, 6.45) is 6.93. The molecule has 2 aromatic rings. The molecule has 0 radical (unpaired) electrons. The summed E-state index contributed by atoms with van der Waals surface area (Å²) in [6.45, 7) is 2.83. The standard InChI is InChI=1S/C20H30N4O2/c1-25-16-13-18-17(19(14-16)26-2)12-15(23-18)8-7-9-22-20(21)24-10-5-3-4-6-11-24/h12-14,23H,3-11H2,1-2H3,(H2,21,22). The molecule has 26 heavy (non-hydrogen) atoms. The molecule has 0 unspecified atom stereocenters. The number of nitrogens with one attached hydrogen (secondary N) is 1. The van der Waals surface area contributed by atoms with Crippen LogP contribution in [0, 0.1) is 0 Å². The van der Waals surface area contributed by atoms with E-state index in [0.29, 0.717) is 5.96 Å². The van der Waals surface area contributed by atoms with Crippen molar-refractivity contribution in [2.45, 2.75) is 38.5 Å². The third-order valence-electron chi connectivity index (χ3n) is 4.99. The molecule has 1 saturated heterocycles. The van der Waals surface area contributed by atoms with Gasteiger partial charge < -0.3 is 25.1 Å². The van der Waals surface area contributed by atoms with Gasteiger partial charge in [-0.25, -0.2) is 0 Å². The number of fused-ring (bicyclic) bond motifs is 1. The lowest BCUT2D eigenvalue weighted by molar-refractivity contribution is 0.398. The Morgan fingerprint density at radius 2 is 1.88 bits per heavy atom. The predicted octanol–water partition coefficient (Wildman–Crippen LogP) is 3.31. The Labute approximate surface area is 155 Å². The highest BCUT2D eigenvalue weighted by Crippen LogP contribution is 2.31. The van der Waals surface area contributed by atoms with Gasteiger partial charge in [0.25, 0.3) is 0 Å². The summed E-state index contributed by atoms with van der Waals surface area (Å²) in [6, 6.07) is 6.05. The van der Waals surface area contributed by atoms with Gasteiger partial charge in [-0.15, -0.1) is 0 Å². The quantitative estimate of drug-likeness (QED) is 0.472. The van der Waals surface area contributed by atoms with Crippen LogP contribution in [0.15, 0.2) is 23.2 Å². The average Bonchev–Trinajstić information content (AvgIpc) is 2.88. The fraction of sp³-hybridized carbons (Fsp3) is 0.550. The molecule has 1 fully saturated rings. The zero-order chi connectivity index (χ0) is 18.4. The summed E-state index contributed by atoms with van der Waals surface area (Å²) in [5.41, 5.74) is 8.37. The van der Waals surface area contributed by atoms with Crippen molar-refractivity contribution in [1.82, 2.24) is 9.88 Å². The van der Waals surface area contributed by atoms with Crippen molar-refractivity contribution >= 4 is 16.9 Å². The molecule has 6 heteroatoms. The number of hydrogen-bond donors (Lipinski definition) is 2. The van der Waals surface area contributed by atoms with Gasteiger partial charge in [0.05, 0.1) is 19.7 Å². The van der Waals surface area contributed by atoms with Gasteiger partial charge in [-0.3, -0.25) is 4.99 Å². The molecule has 0 spiro atoms. The molecule has 0 bridgehead atoms. The average molecular weight is 358 g/mol. The van der Waals surface area contributed by atoms with Crippen LogP contribution in [0.1, 0.15) is 37.8 Å². The zero-order valence-corrected chi connectivity index (χ0v) is 15.9. The van der Waals surface area contributed by atoms with E-state index in [1.807, 2.05) is 12.1 Å². The first kappa shape index (κ1) is 18.4. The second kappa shape index (κ2) is 8.83. The van der Waals surface area contributed by atoms with Crippen LogP contribution in [-0.2, 0) is 6.42 Å². The first-order chi connectivity index (χ1) is 12.7. The molecule has 0 amide bonds. The predicted molar refractivity (Wildman–Crippen MR) is 106 cm³/mol. The van der Waals surface area contributed by atoms with Crippen LogP contribution in [-0.4, -0.2) is 49.7 Å². The number of aromatic amines is 1. The Balaban J connectivity index is 1.58. The molecule has 0 aliphatic carbocycles. The lowest BCUT2D eigenvalue weighted by atomic mass is 10.2. The minimum atomic E-state index is 0.704. The third-order valence-corrected chi connectivity index (χ3v) is 4.99. The van der Waals surface area contributed by atoms with Crippen molar-refractivity contribution < 1.29 is 9.47 Å². The molecular formula is C20H30N4O2. The lowest BCUT2D eigenvalue weighted by Crippen LogP contribution is -2.38. The van der Waals surface area contributed by atoms with E-state index in [1.54, 1.807) is 14.2 Å². The van der Waals surface area contributed by atoms with E-state index in [2.05, 4.69) is 20.9 Å². The lowest BCUT2D eigenvalue weighted by Gasteiger charge is -2.21. The van der Waals surface area contributed by atoms with Gasteiger partial charge >= 0.3 is 0 Å². The monoisotopic (exact) mass is 358 g/mol. The Hall–Kier alpha value is -2.37. The summed E-state index contributed by atoms with van der Waals surface area (Å²) in [5.74, 6) is 2.32. The van der Waals surface area contributed by atoms with E-state index >= 15 is 0 Å². The maximum absolute atomic E-state index is 6.17. The molecule has 1 aromatic carbocycles. The molecule has 1 aromatic heterocycles. The number of nitrogens with two attached hydrogens (primary N) is 1. The van der Waals surface area contributed by atoms with Gasteiger partial charge in [0.1, 0.15) is 11.5 Å². The van der Waals surface area contributed by atoms with Gasteiger partial charge in [-0.05, 0) is 31.7 Å².